The zero-order valence-electron chi connectivity index (χ0n) is 10.0. The molecule has 0 heterocycles. The third-order valence-electron chi connectivity index (χ3n) is 2.17. The van der Waals surface area contributed by atoms with Crippen LogP contribution in [0.5, 0.6) is 0 Å². The van der Waals surface area contributed by atoms with Crippen LogP contribution in [0.15, 0.2) is 0 Å². The van der Waals surface area contributed by atoms with Gasteiger partial charge in [0.15, 0.2) is 0 Å². The molecular formula is C10H19N3O4. The zero-order chi connectivity index (χ0) is 13.4. The standard InChI is InChI=1S/C10H19N3O4/c1-3-12-5-6(2)9(15)13-7(10(16)17)4-8(11)14/h6-7,12H,3-5H2,1-2H3,(H2,11,14)(H,13,15)(H,16,17)/t6?,7-/m0/s1. The van der Waals surface area contributed by atoms with Crippen LogP contribution in [-0.4, -0.2) is 42.0 Å². The molecule has 0 aliphatic carbocycles. The molecule has 17 heavy (non-hydrogen) atoms. The fourth-order valence-corrected chi connectivity index (χ4v) is 1.17. The van der Waals surface area contributed by atoms with Crippen LogP contribution >= 0.6 is 0 Å². The van der Waals surface area contributed by atoms with Gasteiger partial charge in [0.1, 0.15) is 6.04 Å². The fourth-order valence-electron chi connectivity index (χ4n) is 1.17. The molecule has 0 radical (unpaired) electrons. The molecule has 0 fully saturated rings. The second kappa shape index (κ2) is 7.61. The van der Waals surface area contributed by atoms with Crippen molar-refractivity contribution in [2.24, 2.45) is 11.7 Å². The number of aliphatic carboxylic acids is 1. The molecule has 0 bridgehead atoms. The first kappa shape index (κ1) is 15.4. The minimum absolute atomic E-state index is 0.371. The van der Waals surface area contributed by atoms with Crippen LogP contribution in [0, 0.1) is 5.92 Å². The van der Waals surface area contributed by atoms with Gasteiger partial charge in [-0.2, -0.15) is 0 Å². The Morgan fingerprint density at radius 2 is 1.94 bits per heavy atom. The molecule has 1 unspecified atom stereocenters. The lowest BCUT2D eigenvalue weighted by Crippen LogP contribution is -2.46. The molecule has 0 aromatic heterocycles. The summed E-state index contributed by atoms with van der Waals surface area (Å²) in [6.07, 6.45) is -0.408. The Labute approximate surface area is 99.7 Å². The van der Waals surface area contributed by atoms with E-state index in [4.69, 9.17) is 10.8 Å². The van der Waals surface area contributed by atoms with Crippen LogP contribution in [0.25, 0.3) is 0 Å². The summed E-state index contributed by atoms with van der Waals surface area (Å²) >= 11 is 0. The maximum absolute atomic E-state index is 11.6. The molecule has 98 valence electrons. The molecule has 0 spiro atoms. The first-order valence-corrected chi connectivity index (χ1v) is 5.40. The van der Waals surface area contributed by atoms with Gasteiger partial charge in [0.25, 0.3) is 0 Å². The van der Waals surface area contributed by atoms with E-state index >= 15 is 0 Å². The first-order chi connectivity index (χ1) is 7.88. The topological polar surface area (TPSA) is 122 Å². The van der Waals surface area contributed by atoms with E-state index in [0.29, 0.717) is 6.54 Å². The molecule has 7 heteroatoms. The quantitative estimate of drug-likeness (QED) is 0.422. The number of hydrogen-bond donors (Lipinski definition) is 4. The zero-order valence-corrected chi connectivity index (χ0v) is 10.0. The Hall–Kier alpha value is -1.63. The highest BCUT2D eigenvalue weighted by Crippen LogP contribution is 1.97. The van der Waals surface area contributed by atoms with Crippen LogP contribution in [0.1, 0.15) is 20.3 Å². The molecule has 5 N–H and O–H groups in total. The highest BCUT2D eigenvalue weighted by molar-refractivity contribution is 5.88. The lowest BCUT2D eigenvalue weighted by molar-refractivity contribution is -0.143. The molecule has 0 aliphatic heterocycles. The number of nitrogens with one attached hydrogen (secondary N) is 2. The summed E-state index contributed by atoms with van der Waals surface area (Å²) in [5, 5.41) is 14.0. The third kappa shape index (κ3) is 6.52. The number of carboxylic acids is 1. The lowest BCUT2D eigenvalue weighted by atomic mass is 10.1. The van der Waals surface area contributed by atoms with Crippen LogP contribution in [0.4, 0.5) is 0 Å². The number of primary amides is 1. The highest BCUT2D eigenvalue weighted by Gasteiger charge is 2.24. The van der Waals surface area contributed by atoms with Gasteiger partial charge in [0.2, 0.25) is 11.8 Å². The van der Waals surface area contributed by atoms with Crippen molar-refractivity contribution in [2.45, 2.75) is 26.3 Å². The maximum Gasteiger partial charge on any atom is 0.326 e. The van der Waals surface area contributed by atoms with Crippen molar-refractivity contribution in [3.63, 3.8) is 0 Å². The summed E-state index contributed by atoms with van der Waals surface area (Å²) in [4.78, 5) is 33.0. The van der Waals surface area contributed by atoms with E-state index < -0.39 is 30.2 Å². The van der Waals surface area contributed by atoms with Crippen LogP contribution in [0.2, 0.25) is 0 Å². The predicted octanol–water partition coefficient (Wildman–Crippen LogP) is -1.32. The summed E-state index contributed by atoms with van der Waals surface area (Å²) in [5.41, 5.74) is 4.90. The van der Waals surface area contributed by atoms with Gasteiger partial charge in [-0.1, -0.05) is 13.8 Å². The summed E-state index contributed by atoms with van der Waals surface area (Å²) in [7, 11) is 0. The van der Waals surface area contributed by atoms with Crippen LogP contribution in [0.3, 0.4) is 0 Å². The predicted molar refractivity (Wildman–Crippen MR) is 61.1 cm³/mol. The first-order valence-electron chi connectivity index (χ1n) is 5.40. The van der Waals surface area contributed by atoms with Crippen molar-refractivity contribution in [3.05, 3.63) is 0 Å². The molecule has 2 amide bonds. The second-order valence-electron chi connectivity index (χ2n) is 3.78. The Morgan fingerprint density at radius 1 is 1.35 bits per heavy atom. The fraction of sp³-hybridized carbons (Fsp3) is 0.700. The minimum atomic E-state index is -1.27. The van der Waals surface area contributed by atoms with Gasteiger partial charge in [0.05, 0.1) is 6.42 Å². The molecular weight excluding hydrogens is 226 g/mol. The molecule has 7 nitrogen and oxygen atoms in total. The smallest absolute Gasteiger partial charge is 0.326 e. The lowest BCUT2D eigenvalue weighted by Gasteiger charge is -2.16. The van der Waals surface area contributed by atoms with Gasteiger partial charge in [-0.15, -0.1) is 0 Å². The van der Waals surface area contributed by atoms with Gasteiger partial charge in [-0.25, -0.2) is 4.79 Å². The van der Waals surface area contributed by atoms with E-state index in [0.717, 1.165) is 6.54 Å². The summed E-state index contributed by atoms with van der Waals surface area (Å²) in [6.45, 7) is 4.74. The molecule has 0 aromatic carbocycles. The number of nitrogens with two attached hydrogens (primary N) is 1. The third-order valence-corrected chi connectivity index (χ3v) is 2.17. The Bertz CT molecular complexity index is 293. The minimum Gasteiger partial charge on any atom is -0.480 e. The van der Waals surface area contributed by atoms with Gasteiger partial charge in [0, 0.05) is 12.5 Å². The number of carbonyl (C=O) groups excluding carboxylic acids is 2. The number of rotatable bonds is 8. The van der Waals surface area contributed by atoms with E-state index in [1.807, 2.05) is 6.92 Å². The van der Waals surface area contributed by atoms with E-state index in [1.54, 1.807) is 6.92 Å². The Morgan fingerprint density at radius 3 is 2.35 bits per heavy atom. The van der Waals surface area contributed by atoms with Gasteiger partial charge < -0.3 is 21.5 Å². The van der Waals surface area contributed by atoms with Gasteiger partial charge in [-0.05, 0) is 6.54 Å². The Balaban J connectivity index is 4.29. The average Bonchev–Trinajstić information content (AvgIpc) is 2.23. The normalized spacial score (nSPS) is 13.8. The number of amides is 2. The van der Waals surface area contributed by atoms with Crippen molar-refractivity contribution in [1.29, 1.82) is 0 Å². The van der Waals surface area contributed by atoms with Crippen LogP contribution < -0.4 is 16.4 Å². The van der Waals surface area contributed by atoms with Crippen molar-refractivity contribution in [1.82, 2.24) is 10.6 Å². The van der Waals surface area contributed by atoms with Gasteiger partial charge >= 0.3 is 5.97 Å². The molecule has 0 aliphatic rings. The maximum atomic E-state index is 11.6. The summed E-state index contributed by atoms with van der Waals surface area (Å²) < 4.78 is 0. The number of hydrogen-bond acceptors (Lipinski definition) is 4. The molecule has 0 saturated heterocycles. The highest BCUT2D eigenvalue weighted by atomic mass is 16.4. The number of carboxylic acid groups (broad SMARTS) is 1. The average molecular weight is 245 g/mol. The molecule has 0 saturated carbocycles. The molecule has 0 rings (SSSR count). The van der Waals surface area contributed by atoms with Gasteiger partial charge in [-0.3, -0.25) is 9.59 Å². The van der Waals surface area contributed by atoms with E-state index in [2.05, 4.69) is 10.6 Å². The largest absolute Gasteiger partial charge is 0.480 e. The van der Waals surface area contributed by atoms with E-state index in [1.165, 1.54) is 0 Å². The van der Waals surface area contributed by atoms with E-state index in [9.17, 15) is 14.4 Å². The van der Waals surface area contributed by atoms with Crippen molar-refractivity contribution in [3.8, 4) is 0 Å². The molecule has 2 atom stereocenters. The van der Waals surface area contributed by atoms with Crippen molar-refractivity contribution in [2.75, 3.05) is 13.1 Å². The number of carbonyl (C=O) groups is 3. The molecule has 0 aromatic rings. The van der Waals surface area contributed by atoms with Crippen molar-refractivity contribution >= 4 is 17.8 Å². The summed E-state index contributed by atoms with van der Waals surface area (Å²) in [6, 6.07) is -1.26. The summed E-state index contributed by atoms with van der Waals surface area (Å²) in [5.74, 6) is -2.82. The van der Waals surface area contributed by atoms with Crippen LogP contribution in [-0.2, 0) is 14.4 Å². The second-order valence-corrected chi connectivity index (χ2v) is 3.78. The monoisotopic (exact) mass is 245 g/mol. The van der Waals surface area contributed by atoms with Crippen molar-refractivity contribution < 1.29 is 19.5 Å². The Kier molecular flexibility index (Phi) is 6.88. The van der Waals surface area contributed by atoms with E-state index in [-0.39, 0.29) is 5.92 Å². The SMILES string of the molecule is CCNCC(C)C(=O)N[C@@H](CC(N)=O)C(=O)O.